The van der Waals surface area contributed by atoms with E-state index in [0.29, 0.717) is 5.56 Å². The van der Waals surface area contributed by atoms with Gasteiger partial charge in [0.05, 0.1) is 7.11 Å². The number of halogens is 2. The number of carbonyl (C=O) groups excluding carboxylic acids is 1. The number of alkyl halides is 2. The van der Waals surface area contributed by atoms with Crippen LogP contribution in [0, 0.1) is 10.1 Å². The molecule has 0 aliphatic carbocycles. The zero-order chi connectivity index (χ0) is 19.3. The van der Waals surface area contributed by atoms with E-state index in [1.54, 1.807) is 7.05 Å². The molecule has 140 valence electrons. The van der Waals surface area contributed by atoms with E-state index in [2.05, 4.69) is 9.72 Å². The molecule has 0 spiro atoms. The Labute approximate surface area is 146 Å². The van der Waals surface area contributed by atoms with Crippen molar-refractivity contribution >= 4 is 11.7 Å². The van der Waals surface area contributed by atoms with Crippen LogP contribution >= 0.6 is 0 Å². The number of ether oxygens (including phenoxy) is 2. The average Bonchev–Trinajstić information content (AvgIpc) is 3.04. The maximum atomic E-state index is 12.3. The number of hydrogen-bond acceptors (Lipinski definition) is 6. The second kappa shape index (κ2) is 8.23. The lowest BCUT2D eigenvalue weighted by Gasteiger charge is -2.18. The van der Waals surface area contributed by atoms with E-state index in [4.69, 9.17) is 4.74 Å². The molecule has 0 radical (unpaired) electrons. The second-order valence-electron chi connectivity index (χ2n) is 5.27. The van der Waals surface area contributed by atoms with Crippen molar-refractivity contribution < 1.29 is 28.0 Å². The molecule has 0 atom stereocenters. The molecular weight excluding hydrogens is 354 g/mol. The fraction of sp³-hybridized carbons (Fsp3) is 0.333. The molecule has 1 amide bonds. The standard InChI is InChI=1S/C15H16F2N4O5/c1-19(14(22)8-20-7-13(18-9-20)21(23)24)6-10-3-4-11(26-15(16)17)12(5-10)25-2/h3-5,7,9,15H,6,8H2,1-2H3. The van der Waals surface area contributed by atoms with Crippen LogP contribution in [0.4, 0.5) is 14.6 Å². The number of nitro groups is 1. The average molecular weight is 370 g/mol. The summed E-state index contributed by atoms with van der Waals surface area (Å²) in [4.78, 5) is 27.1. The van der Waals surface area contributed by atoms with Crippen LogP contribution in [-0.2, 0) is 17.9 Å². The quantitative estimate of drug-likeness (QED) is 0.521. The SMILES string of the molecule is COc1cc(CN(C)C(=O)Cn2cnc([N+](=O)[O-])c2)ccc1OC(F)F. The molecule has 1 aromatic heterocycles. The Morgan fingerprint density at radius 3 is 2.73 bits per heavy atom. The summed E-state index contributed by atoms with van der Waals surface area (Å²) in [6.45, 7) is -2.92. The van der Waals surface area contributed by atoms with Gasteiger partial charge < -0.3 is 29.1 Å². The van der Waals surface area contributed by atoms with Crippen molar-refractivity contribution in [2.75, 3.05) is 14.2 Å². The van der Waals surface area contributed by atoms with Gasteiger partial charge in [0.15, 0.2) is 11.5 Å². The Morgan fingerprint density at radius 1 is 1.42 bits per heavy atom. The minimum Gasteiger partial charge on any atom is -0.493 e. The van der Waals surface area contributed by atoms with Crippen LogP contribution in [-0.4, -0.2) is 46.1 Å². The molecule has 0 N–H and O–H groups in total. The fourth-order valence-electron chi connectivity index (χ4n) is 2.17. The lowest BCUT2D eigenvalue weighted by Crippen LogP contribution is -2.29. The van der Waals surface area contributed by atoms with Crippen LogP contribution in [0.5, 0.6) is 11.5 Å². The molecular formula is C15H16F2N4O5. The van der Waals surface area contributed by atoms with Crippen LogP contribution in [0.1, 0.15) is 5.56 Å². The summed E-state index contributed by atoms with van der Waals surface area (Å²) in [7, 11) is 2.86. The molecule has 9 nitrogen and oxygen atoms in total. The van der Waals surface area contributed by atoms with Crippen molar-refractivity contribution in [2.45, 2.75) is 19.7 Å². The van der Waals surface area contributed by atoms with Crippen LogP contribution in [0.15, 0.2) is 30.7 Å². The maximum Gasteiger partial charge on any atom is 0.387 e. The normalized spacial score (nSPS) is 10.7. The Morgan fingerprint density at radius 2 is 2.15 bits per heavy atom. The van der Waals surface area contributed by atoms with Gasteiger partial charge in [-0.05, 0) is 27.6 Å². The molecule has 0 aliphatic rings. The zero-order valence-electron chi connectivity index (χ0n) is 14.0. The molecule has 2 aromatic rings. The number of nitrogens with zero attached hydrogens (tertiary/aromatic N) is 4. The fourth-order valence-corrected chi connectivity index (χ4v) is 2.17. The number of likely N-dealkylation sites (N-methyl/N-ethyl adjacent to an activating group) is 1. The van der Waals surface area contributed by atoms with Crippen molar-refractivity contribution in [1.82, 2.24) is 14.5 Å². The van der Waals surface area contributed by atoms with Gasteiger partial charge in [-0.15, -0.1) is 0 Å². The van der Waals surface area contributed by atoms with E-state index in [1.165, 1.54) is 41.1 Å². The van der Waals surface area contributed by atoms with Gasteiger partial charge in [0.2, 0.25) is 12.2 Å². The summed E-state index contributed by atoms with van der Waals surface area (Å²) in [6.07, 6.45) is 2.36. The van der Waals surface area contributed by atoms with Crippen LogP contribution in [0.3, 0.4) is 0 Å². The number of methoxy groups -OCH3 is 1. The van der Waals surface area contributed by atoms with Crippen molar-refractivity contribution in [2.24, 2.45) is 0 Å². The number of amides is 1. The lowest BCUT2D eigenvalue weighted by molar-refractivity contribution is -0.389. The summed E-state index contributed by atoms with van der Waals surface area (Å²) in [5.41, 5.74) is 0.635. The van der Waals surface area contributed by atoms with E-state index in [0.717, 1.165) is 6.20 Å². The minimum atomic E-state index is -2.97. The highest BCUT2D eigenvalue weighted by Crippen LogP contribution is 2.29. The van der Waals surface area contributed by atoms with Crippen molar-refractivity contribution in [1.29, 1.82) is 0 Å². The number of imidazole rings is 1. The number of carbonyl (C=O) groups is 1. The van der Waals surface area contributed by atoms with E-state index in [1.807, 2.05) is 0 Å². The van der Waals surface area contributed by atoms with Gasteiger partial charge in [-0.2, -0.15) is 8.78 Å². The number of hydrogen-bond donors (Lipinski definition) is 0. The third-order valence-electron chi connectivity index (χ3n) is 3.41. The summed E-state index contributed by atoms with van der Waals surface area (Å²) >= 11 is 0. The first kappa shape index (κ1) is 19.1. The monoisotopic (exact) mass is 370 g/mol. The van der Waals surface area contributed by atoms with Gasteiger partial charge in [0.25, 0.3) is 0 Å². The van der Waals surface area contributed by atoms with Crippen LogP contribution in [0.2, 0.25) is 0 Å². The highest BCUT2D eigenvalue weighted by molar-refractivity contribution is 5.75. The highest BCUT2D eigenvalue weighted by Gasteiger charge is 2.16. The van der Waals surface area contributed by atoms with Gasteiger partial charge in [-0.25, -0.2) is 0 Å². The molecule has 0 fully saturated rings. The Kier molecular flexibility index (Phi) is 6.04. The first-order valence-electron chi connectivity index (χ1n) is 7.32. The molecule has 1 heterocycles. The predicted octanol–water partition coefficient (Wildman–Crippen LogP) is 2.06. The second-order valence-corrected chi connectivity index (χ2v) is 5.27. The maximum absolute atomic E-state index is 12.3. The van der Waals surface area contributed by atoms with E-state index in [-0.39, 0.29) is 36.3 Å². The molecule has 26 heavy (non-hydrogen) atoms. The Hall–Kier alpha value is -3.24. The molecule has 0 saturated heterocycles. The van der Waals surface area contributed by atoms with Crippen LogP contribution in [0.25, 0.3) is 0 Å². The zero-order valence-corrected chi connectivity index (χ0v) is 14.0. The molecule has 1 aromatic carbocycles. The van der Waals surface area contributed by atoms with Crippen molar-refractivity contribution in [3.8, 4) is 11.5 Å². The summed E-state index contributed by atoms with van der Waals surface area (Å²) < 4.78 is 35.3. The molecule has 2 rings (SSSR count). The molecule has 0 aliphatic heterocycles. The van der Waals surface area contributed by atoms with Gasteiger partial charge >= 0.3 is 12.4 Å². The highest BCUT2D eigenvalue weighted by atomic mass is 19.3. The molecule has 11 heteroatoms. The number of aromatic nitrogens is 2. The van der Waals surface area contributed by atoms with Gasteiger partial charge in [-0.3, -0.25) is 4.79 Å². The molecule has 0 unspecified atom stereocenters. The number of benzene rings is 1. The van der Waals surface area contributed by atoms with Crippen molar-refractivity contribution in [3.63, 3.8) is 0 Å². The number of rotatable bonds is 8. The first-order chi connectivity index (χ1) is 12.3. The lowest BCUT2D eigenvalue weighted by atomic mass is 10.2. The summed E-state index contributed by atoms with van der Waals surface area (Å²) in [6, 6.07) is 4.35. The van der Waals surface area contributed by atoms with Crippen molar-refractivity contribution in [3.05, 3.63) is 46.4 Å². The third kappa shape index (κ3) is 4.88. The Bertz CT molecular complexity index is 796. The van der Waals surface area contributed by atoms with Crippen LogP contribution < -0.4 is 9.47 Å². The predicted molar refractivity (Wildman–Crippen MR) is 85.0 cm³/mol. The van der Waals surface area contributed by atoms with E-state index in [9.17, 15) is 23.7 Å². The largest absolute Gasteiger partial charge is 0.493 e. The minimum absolute atomic E-state index is 0.106. The van der Waals surface area contributed by atoms with Gasteiger partial charge in [-0.1, -0.05) is 6.07 Å². The van der Waals surface area contributed by atoms with E-state index >= 15 is 0 Å². The molecule has 0 saturated carbocycles. The topological polar surface area (TPSA) is 99.7 Å². The summed E-state index contributed by atoms with van der Waals surface area (Å²) in [5, 5.41) is 10.6. The van der Waals surface area contributed by atoms with E-state index < -0.39 is 11.5 Å². The Balaban J connectivity index is 2.02. The van der Waals surface area contributed by atoms with Gasteiger partial charge in [0, 0.05) is 13.6 Å². The first-order valence-corrected chi connectivity index (χ1v) is 7.32. The smallest absolute Gasteiger partial charge is 0.387 e. The third-order valence-corrected chi connectivity index (χ3v) is 3.41. The van der Waals surface area contributed by atoms with Gasteiger partial charge in [0.1, 0.15) is 12.7 Å². The summed E-state index contributed by atoms with van der Waals surface area (Å²) in [5.74, 6) is -0.649. The molecule has 0 bridgehead atoms.